The van der Waals surface area contributed by atoms with Crippen LogP contribution in [-0.2, 0) is 16.1 Å². The number of rotatable bonds is 5. The Kier molecular flexibility index (Phi) is 4.99. The molecule has 0 heterocycles. The number of benzene rings is 1. The lowest BCUT2D eigenvalue weighted by atomic mass is 10.2. The normalized spacial score (nSPS) is 12.2. The van der Waals surface area contributed by atoms with Crippen LogP contribution in [-0.4, -0.2) is 25.7 Å². The number of halogens is 2. The molecular formula is C11H14F2N2O2. The van der Waals surface area contributed by atoms with Crippen molar-refractivity contribution in [2.45, 2.75) is 12.6 Å². The van der Waals surface area contributed by atoms with Crippen LogP contribution in [0, 0.1) is 11.6 Å². The number of carbonyl (C=O) groups is 1. The van der Waals surface area contributed by atoms with Crippen LogP contribution >= 0.6 is 0 Å². The van der Waals surface area contributed by atoms with Crippen molar-refractivity contribution in [3.63, 3.8) is 0 Å². The number of nitrogens with one attached hydrogen (secondary N) is 1. The van der Waals surface area contributed by atoms with E-state index in [-0.39, 0.29) is 18.7 Å². The summed E-state index contributed by atoms with van der Waals surface area (Å²) < 4.78 is 30.5. The Morgan fingerprint density at radius 2 is 2.24 bits per heavy atom. The highest BCUT2D eigenvalue weighted by atomic mass is 19.1. The van der Waals surface area contributed by atoms with Crippen molar-refractivity contribution in [2.24, 2.45) is 5.73 Å². The number of hydrogen-bond donors (Lipinski definition) is 2. The molecule has 6 heteroatoms. The van der Waals surface area contributed by atoms with Crippen LogP contribution in [0.1, 0.15) is 5.56 Å². The molecule has 0 saturated carbocycles. The van der Waals surface area contributed by atoms with Gasteiger partial charge in [-0.1, -0.05) is 6.07 Å². The number of nitrogens with two attached hydrogens (primary N) is 1. The van der Waals surface area contributed by atoms with Gasteiger partial charge < -0.3 is 15.8 Å². The predicted octanol–water partition coefficient (Wildman–Crippen LogP) is 0.555. The second-order valence-corrected chi connectivity index (χ2v) is 3.52. The third kappa shape index (κ3) is 4.08. The second-order valence-electron chi connectivity index (χ2n) is 3.52. The summed E-state index contributed by atoms with van der Waals surface area (Å²) in [5.74, 6) is -1.81. The first-order valence-corrected chi connectivity index (χ1v) is 5.00. The summed E-state index contributed by atoms with van der Waals surface area (Å²) in [6.07, 6.45) is 0. The number of methoxy groups -OCH3 is 1. The molecule has 1 unspecified atom stereocenters. The van der Waals surface area contributed by atoms with Gasteiger partial charge in [-0.2, -0.15) is 0 Å². The van der Waals surface area contributed by atoms with Crippen LogP contribution in [0.4, 0.5) is 8.78 Å². The topological polar surface area (TPSA) is 64.3 Å². The van der Waals surface area contributed by atoms with Gasteiger partial charge in [0.15, 0.2) is 0 Å². The summed E-state index contributed by atoms with van der Waals surface area (Å²) in [4.78, 5) is 11.4. The fraction of sp³-hybridized carbons (Fsp3) is 0.364. The molecule has 94 valence electrons. The maximum atomic E-state index is 13.2. The zero-order valence-electron chi connectivity index (χ0n) is 9.37. The first kappa shape index (κ1) is 13.5. The number of ether oxygens (including phenoxy) is 1. The monoisotopic (exact) mass is 244 g/mol. The third-order valence-corrected chi connectivity index (χ3v) is 2.15. The van der Waals surface area contributed by atoms with Gasteiger partial charge in [-0.25, -0.2) is 8.78 Å². The highest BCUT2D eigenvalue weighted by Gasteiger charge is 2.13. The molecule has 0 aromatic heterocycles. The highest BCUT2D eigenvalue weighted by molar-refractivity contribution is 5.81. The van der Waals surface area contributed by atoms with Gasteiger partial charge in [0.05, 0.1) is 6.61 Å². The second kappa shape index (κ2) is 6.27. The van der Waals surface area contributed by atoms with Gasteiger partial charge in [-0.05, 0) is 6.07 Å². The predicted molar refractivity (Wildman–Crippen MR) is 58.1 cm³/mol. The van der Waals surface area contributed by atoms with E-state index < -0.39 is 23.6 Å². The lowest BCUT2D eigenvalue weighted by molar-refractivity contribution is -0.123. The molecule has 0 bridgehead atoms. The molecule has 17 heavy (non-hydrogen) atoms. The molecule has 1 aromatic carbocycles. The van der Waals surface area contributed by atoms with E-state index in [9.17, 15) is 13.6 Å². The van der Waals surface area contributed by atoms with Gasteiger partial charge in [-0.3, -0.25) is 4.79 Å². The minimum atomic E-state index is -0.802. The largest absolute Gasteiger partial charge is 0.383 e. The van der Waals surface area contributed by atoms with E-state index in [0.717, 1.165) is 12.1 Å². The van der Waals surface area contributed by atoms with Crippen molar-refractivity contribution < 1.29 is 18.3 Å². The third-order valence-electron chi connectivity index (χ3n) is 2.15. The van der Waals surface area contributed by atoms with Crippen LogP contribution in [0.5, 0.6) is 0 Å². The fourth-order valence-electron chi connectivity index (χ4n) is 1.23. The van der Waals surface area contributed by atoms with E-state index >= 15 is 0 Å². The van der Waals surface area contributed by atoms with Crippen molar-refractivity contribution >= 4 is 5.91 Å². The first-order chi connectivity index (χ1) is 8.04. The van der Waals surface area contributed by atoms with Crippen LogP contribution in [0.3, 0.4) is 0 Å². The molecule has 0 fully saturated rings. The molecule has 0 aliphatic heterocycles. The molecule has 1 atom stereocenters. The lowest BCUT2D eigenvalue weighted by Gasteiger charge is -2.11. The van der Waals surface area contributed by atoms with Gasteiger partial charge in [0.25, 0.3) is 0 Å². The average molecular weight is 244 g/mol. The molecular weight excluding hydrogens is 230 g/mol. The minimum absolute atomic E-state index is 0.0393. The molecule has 0 aliphatic rings. The standard InChI is InChI=1S/C11H14F2N2O2/c1-17-6-10(14)11(16)15-5-7-2-3-8(12)4-9(7)13/h2-4,10H,5-6,14H2,1H3,(H,15,16). The molecule has 0 aliphatic carbocycles. The highest BCUT2D eigenvalue weighted by Crippen LogP contribution is 2.08. The zero-order valence-corrected chi connectivity index (χ0v) is 9.37. The van der Waals surface area contributed by atoms with Gasteiger partial charge >= 0.3 is 0 Å². The van der Waals surface area contributed by atoms with Gasteiger partial charge in [0, 0.05) is 25.3 Å². The Morgan fingerprint density at radius 3 is 2.82 bits per heavy atom. The molecule has 0 saturated heterocycles. The van der Waals surface area contributed by atoms with E-state index in [1.165, 1.54) is 13.2 Å². The Hall–Kier alpha value is -1.53. The Morgan fingerprint density at radius 1 is 1.53 bits per heavy atom. The van der Waals surface area contributed by atoms with E-state index in [4.69, 9.17) is 10.5 Å². The van der Waals surface area contributed by atoms with Crippen molar-refractivity contribution in [1.29, 1.82) is 0 Å². The van der Waals surface area contributed by atoms with Crippen LogP contribution < -0.4 is 11.1 Å². The van der Waals surface area contributed by atoms with Gasteiger partial charge in [-0.15, -0.1) is 0 Å². The molecule has 1 amide bonds. The summed E-state index contributed by atoms with van der Waals surface area (Å²) in [5, 5.41) is 2.44. The molecule has 3 N–H and O–H groups in total. The van der Waals surface area contributed by atoms with Crippen LogP contribution in [0.25, 0.3) is 0 Å². The van der Waals surface area contributed by atoms with Crippen molar-refractivity contribution in [1.82, 2.24) is 5.32 Å². The minimum Gasteiger partial charge on any atom is -0.383 e. The van der Waals surface area contributed by atoms with Gasteiger partial charge in [0.2, 0.25) is 5.91 Å². The zero-order chi connectivity index (χ0) is 12.8. The van der Waals surface area contributed by atoms with E-state index in [1.54, 1.807) is 0 Å². The Balaban J connectivity index is 2.53. The molecule has 0 radical (unpaired) electrons. The fourth-order valence-corrected chi connectivity index (χ4v) is 1.23. The van der Waals surface area contributed by atoms with Crippen molar-refractivity contribution in [2.75, 3.05) is 13.7 Å². The summed E-state index contributed by atoms with van der Waals surface area (Å²) in [6, 6.07) is 2.35. The summed E-state index contributed by atoms with van der Waals surface area (Å²) in [5.41, 5.74) is 5.66. The molecule has 1 rings (SSSR count). The number of hydrogen-bond acceptors (Lipinski definition) is 3. The molecule has 1 aromatic rings. The SMILES string of the molecule is COCC(N)C(=O)NCc1ccc(F)cc1F. The Bertz CT molecular complexity index is 399. The van der Waals surface area contributed by atoms with Gasteiger partial charge in [0.1, 0.15) is 17.7 Å². The maximum Gasteiger partial charge on any atom is 0.239 e. The molecule has 4 nitrogen and oxygen atoms in total. The van der Waals surface area contributed by atoms with Crippen molar-refractivity contribution in [3.8, 4) is 0 Å². The molecule has 0 spiro atoms. The van der Waals surface area contributed by atoms with Crippen molar-refractivity contribution in [3.05, 3.63) is 35.4 Å². The lowest BCUT2D eigenvalue weighted by Crippen LogP contribution is -2.43. The smallest absolute Gasteiger partial charge is 0.239 e. The Labute approximate surface area is 97.8 Å². The first-order valence-electron chi connectivity index (χ1n) is 5.00. The summed E-state index contributed by atoms with van der Waals surface area (Å²) in [7, 11) is 1.42. The van der Waals surface area contributed by atoms with E-state index in [0.29, 0.717) is 0 Å². The maximum absolute atomic E-state index is 13.2. The number of amides is 1. The van der Waals surface area contributed by atoms with Crippen LogP contribution in [0.15, 0.2) is 18.2 Å². The average Bonchev–Trinajstić information content (AvgIpc) is 2.27. The summed E-state index contributed by atoms with van der Waals surface area (Å²) in [6.45, 7) is 0.0418. The van der Waals surface area contributed by atoms with E-state index in [1.807, 2.05) is 0 Å². The number of carbonyl (C=O) groups excluding carboxylic acids is 1. The van der Waals surface area contributed by atoms with Crippen LogP contribution in [0.2, 0.25) is 0 Å². The van der Waals surface area contributed by atoms with E-state index in [2.05, 4.69) is 5.32 Å². The quantitative estimate of drug-likeness (QED) is 0.795. The summed E-state index contributed by atoms with van der Waals surface area (Å²) >= 11 is 0.